The van der Waals surface area contributed by atoms with E-state index < -0.39 is 11.7 Å². The predicted molar refractivity (Wildman–Crippen MR) is 96.0 cm³/mol. The molecule has 0 saturated carbocycles. The molecule has 4 rings (SSSR count). The van der Waals surface area contributed by atoms with Gasteiger partial charge in [-0.1, -0.05) is 6.07 Å². The maximum Gasteiger partial charge on any atom is 0.416 e. The number of hydrogen-bond acceptors (Lipinski definition) is 3. The Kier molecular flexibility index (Phi) is 5.02. The Morgan fingerprint density at radius 3 is 2.43 bits per heavy atom. The van der Waals surface area contributed by atoms with E-state index in [9.17, 15) is 18.0 Å². The average Bonchev–Trinajstić information content (AvgIpc) is 2.63. The van der Waals surface area contributed by atoms with E-state index in [-0.39, 0.29) is 5.91 Å². The number of hydrogen-bond donors (Lipinski definition) is 0. The zero-order valence-corrected chi connectivity index (χ0v) is 15.2. The molecule has 0 bridgehead atoms. The van der Waals surface area contributed by atoms with Gasteiger partial charge >= 0.3 is 6.18 Å². The van der Waals surface area contributed by atoms with Gasteiger partial charge in [-0.2, -0.15) is 13.2 Å². The lowest BCUT2D eigenvalue weighted by molar-refractivity contribution is -0.138. The van der Waals surface area contributed by atoms with E-state index in [1.54, 1.807) is 6.07 Å². The quantitative estimate of drug-likeness (QED) is 0.775. The summed E-state index contributed by atoms with van der Waals surface area (Å²) in [6.07, 6.45) is -3.08. The number of halogens is 3. The van der Waals surface area contributed by atoms with E-state index in [0.29, 0.717) is 50.1 Å². The van der Waals surface area contributed by atoms with Crippen LogP contribution in [0.3, 0.4) is 0 Å². The summed E-state index contributed by atoms with van der Waals surface area (Å²) in [4.78, 5) is 14.3. The zero-order chi connectivity index (χ0) is 19.7. The number of fused-ring (bicyclic) bond motifs is 1. The molecular weight excluding hydrogens is 371 g/mol. The molecule has 1 amide bonds. The number of amides is 1. The highest BCUT2D eigenvalue weighted by Crippen LogP contribution is 2.32. The van der Waals surface area contributed by atoms with Crippen LogP contribution in [0.2, 0.25) is 0 Å². The second-order valence-corrected chi connectivity index (χ2v) is 7.23. The Bertz CT molecular complexity index is 860. The van der Waals surface area contributed by atoms with Crippen molar-refractivity contribution < 1.29 is 27.4 Å². The van der Waals surface area contributed by atoms with Crippen LogP contribution in [0, 0.1) is 5.92 Å². The lowest BCUT2D eigenvalue weighted by Gasteiger charge is -2.32. The number of carbonyl (C=O) groups excluding carboxylic acids is 1. The fraction of sp³-hybridized carbons (Fsp3) is 0.381. The monoisotopic (exact) mass is 391 g/mol. The van der Waals surface area contributed by atoms with Gasteiger partial charge < -0.3 is 14.4 Å². The van der Waals surface area contributed by atoms with Gasteiger partial charge in [0.1, 0.15) is 11.5 Å². The Morgan fingerprint density at radius 2 is 1.79 bits per heavy atom. The molecule has 2 aliphatic heterocycles. The molecule has 7 heteroatoms. The normalized spacial score (nSPS) is 17.0. The minimum absolute atomic E-state index is 0.132. The largest absolute Gasteiger partial charge is 0.457 e. The van der Waals surface area contributed by atoms with E-state index in [1.165, 1.54) is 12.1 Å². The van der Waals surface area contributed by atoms with Crippen molar-refractivity contribution >= 4 is 5.91 Å². The van der Waals surface area contributed by atoms with Crippen LogP contribution in [0.25, 0.3) is 0 Å². The van der Waals surface area contributed by atoms with E-state index in [4.69, 9.17) is 9.47 Å². The summed E-state index contributed by atoms with van der Waals surface area (Å²) in [7, 11) is 0. The Hall–Kier alpha value is -2.54. The summed E-state index contributed by atoms with van der Waals surface area (Å²) in [6, 6.07) is 10.2. The number of rotatable bonds is 4. The lowest BCUT2D eigenvalue weighted by Crippen LogP contribution is -2.39. The Balaban J connectivity index is 1.43. The SMILES string of the molecule is O=C(CC1COC1)N1CCc2ccc(Oc3ccc(C(F)(F)F)cc3)cc2C1. The molecule has 148 valence electrons. The molecule has 0 spiro atoms. The van der Waals surface area contributed by atoms with Gasteiger partial charge in [-0.15, -0.1) is 0 Å². The molecule has 2 heterocycles. The van der Waals surface area contributed by atoms with Crippen LogP contribution in [0.4, 0.5) is 13.2 Å². The van der Waals surface area contributed by atoms with Crippen LogP contribution in [0.5, 0.6) is 11.5 Å². The third-order valence-electron chi connectivity index (χ3n) is 5.13. The zero-order valence-electron chi connectivity index (χ0n) is 15.2. The first-order valence-corrected chi connectivity index (χ1v) is 9.21. The highest BCUT2D eigenvalue weighted by molar-refractivity contribution is 5.77. The molecule has 0 N–H and O–H groups in total. The maximum absolute atomic E-state index is 12.7. The number of alkyl halides is 3. The van der Waals surface area contributed by atoms with Crippen LogP contribution in [0.1, 0.15) is 23.1 Å². The fourth-order valence-corrected chi connectivity index (χ4v) is 3.44. The molecule has 2 aromatic carbocycles. The molecule has 1 saturated heterocycles. The second-order valence-electron chi connectivity index (χ2n) is 7.23. The number of benzene rings is 2. The third-order valence-corrected chi connectivity index (χ3v) is 5.13. The fourth-order valence-electron chi connectivity index (χ4n) is 3.44. The van der Waals surface area contributed by atoms with Crippen LogP contribution >= 0.6 is 0 Å². The van der Waals surface area contributed by atoms with Gasteiger partial charge in [0.15, 0.2) is 0 Å². The first kappa shape index (κ1) is 18.8. The molecule has 0 radical (unpaired) electrons. The van der Waals surface area contributed by atoms with Crippen LogP contribution in [-0.2, 0) is 28.7 Å². The number of nitrogens with zero attached hydrogens (tertiary/aromatic N) is 1. The molecule has 28 heavy (non-hydrogen) atoms. The summed E-state index contributed by atoms with van der Waals surface area (Å²) in [6.45, 7) is 2.52. The predicted octanol–water partition coefficient (Wildman–Crippen LogP) is 4.42. The highest BCUT2D eigenvalue weighted by atomic mass is 19.4. The van der Waals surface area contributed by atoms with Crippen molar-refractivity contribution in [1.82, 2.24) is 4.90 Å². The van der Waals surface area contributed by atoms with E-state index >= 15 is 0 Å². The van der Waals surface area contributed by atoms with Crippen molar-refractivity contribution in [3.05, 3.63) is 59.2 Å². The minimum atomic E-state index is -4.37. The highest BCUT2D eigenvalue weighted by Gasteiger charge is 2.30. The van der Waals surface area contributed by atoms with E-state index in [2.05, 4.69) is 0 Å². The minimum Gasteiger partial charge on any atom is -0.457 e. The van der Waals surface area contributed by atoms with Crippen molar-refractivity contribution in [3.63, 3.8) is 0 Å². The van der Waals surface area contributed by atoms with Crippen molar-refractivity contribution in [1.29, 1.82) is 0 Å². The standard InChI is InChI=1S/C21H20F3NO3/c22-21(23,24)17-2-5-18(6-3-17)28-19-4-1-15-7-8-25(11-16(15)10-19)20(26)9-14-12-27-13-14/h1-6,10,14H,7-9,11-13H2. The Morgan fingerprint density at radius 1 is 1.07 bits per heavy atom. The van der Waals surface area contributed by atoms with Gasteiger partial charge in [0.25, 0.3) is 0 Å². The molecule has 0 atom stereocenters. The van der Waals surface area contributed by atoms with Crippen molar-refractivity contribution in [2.24, 2.45) is 5.92 Å². The van der Waals surface area contributed by atoms with Crippen molar-refractivity contribution in [3.8, 4) is 11.5 Å². The second kappa shape index (κ2) is 7.47. The maximum atomic E-state index is 12.7. The number of ether oxygens (including phenoxy) is 2. The third kappa shape index (κ3) is 4.14. The molecule has 4 nitrogen and oxygen atoms in total. The van der Waals surface area contributed by atoms with Crippen molar-refractivity contribution in [2.75, 3.05) is 19.8 Å². The molecule has 0 aromatic heterocycles. The number of carbonyl (C=O) groups is 1. The summed E-state index contributed by atoms with van der Waals surface area (Å²) >= 11 is 0. The average molecular weight is 391 g/mol. The first-order chi connectivity index (χ1) is 13.4. The van der Waals surface area contributed by atoms with Crippen LogP contribution in [-0.4, -0.2) is 30.6 Å². The van der Waals surface area contributed by atoms with Gasteiger partial charge in [0.05, 0.1) is 18.8 Å². The summed E-state index contributed by atoms with van der Waals surface area (Å²) < 4.78 is 48.8. The van der Waals surface area contributed by atoms with Gasteiger partial charge in [-0.3, -0.25) is 4.79 Å². The molecular formula is C21H20F3NO3. The van der Waals surface area contributed by atoms with Crippen molar-refractivity contribution in [2.45, 2.75) is 25.6 Å². The van der Waals surface area contributed by atoms with Gasteiger partial charge in [-0.05, 0) is 53.9 Å². The van der Waals surface area contributed by atoms with Gasteiger partial charge in [0, 0.05) is 25.4 Å². The Labute approximate surface area is 160 Å². The summed E-state index contributed by atoms with van der Waals surface area (Å²) in [5.41, 5.74) is 1.46. The lowest BCUT2D eigenvalue weighted by atomic mass is 9.97. The topological polar surface area (TPSA) is 38.8 Å². The molecule has 2 aromatic rings. The molecule has 0 aliphatic carbocycles. The summed E-state index contributed by atoms with van der Waals surface area (Å²) in [5.74, 6) is 1.33. The molecule has 2 aliphatic rings. The summed E-state index contributed by atoms with van der Waals surface area (Å²) in [5, 5.41) is 0. The van der Waals surface area contributed by atoms with Gasteiger partial charge in [-0.25, -0.2) is 0 Å². The van der Waals surface area contributed by atoms with Gasteiger partial charge in [0.2, 0.25) is 5.91 Å². The smallest absolute Gasteiger partial charge is 0.416 e. The van der Waals surface area contributed by atoms with E-state index in [1.807, 2.05) is 17.0 Å². The van der Waals surface area contributed by atoms with Crippen LogP contribution < -0.4 is 4.74 Å². The molecule has 1 fully saturated rings. The first-order valence-electron chi connectivity index (χ1n) is 9.21. The van der Waals surface area contributed by atoms with Crippen LogP contribution in [0.15, 0.2) is 42.5 Å². The molecule has 0 unspecified atom stereocenters. The van der Waals surface area contributed by atoms with E-state index in [0.717, 1.165) is 29.7 Å².